The molecule has 0 aromatic carbocycles. The van der Waals surface area contributed by atoms with Crippen LogP contribution in [-0.4, -0.2) is 50.3 Å². The summed E-state index contributed by atoms with van der Waals surface area (Å²) in [5.41, 5.74) is 3.39. The number of hydrogen-bond acceptors (Lipinski definition) is 5. The minimum Gasteiger partial charge on any atom is -0.490 e. The van der Waals surface area contributed by atoms with Gasteiger partial charge in [0, 0.05) is 17.6 Å². The molecule has 1 amide bonds. The molecule has 5 rings (SSSR count). The Hall–Kier alpha value is -2.71. The number of ether oxygens (including phenoxy) is 1. The van der Waals surface area contributed by atoms with E-state index >= 15 is 0 Å². The van der Waals surface area contributed by atoms with E-state index in [1.54, 1.807) is 21.7 Å². The second-order valence-electron chi connectivity index (χ2n) is 8.92. The largest absolute Gasteiger partial charge is 0.490 e. The van der Waals surface area contributed by atoms with Crippen molar-refractivity contribution in [1.29, 1.82) is 0 Å². The summed E-state index contributed by atoms with van der Waals surface area (Å²) >= 11 is 6.17. The number of nitrogens with zero attached hydrogens (tertiary/aromatic N) is 4. The standard InChI is InChI=1S/C24H27ClFN5O2/c1-3-4-18(22(7-8-26)33-17-9-15-5-6-16(10-17)28-15)24(32)30-11-19-21(13-30)29-31-12-20(25)14(2)27-23(19)31/h3-4,7,12,15-17,28H,1,5-6,8-11,13H2,2H3/b18-4+,22-7+/t15-,16+,17?. The number of piperidine rings is 1. The molecule has 2 aromatic rings. The fourth-order valence-corrected chi connectivity index (χ4v) is 5.24. The van der Waals surface area contributed by atoms with Crippen LogP contribution in [0.4, 0.5) is 4.39 Å². The van der Waals surface area contributed by atoms with E-state index in [0.717, 1.165) is 36.9 Å². The number of allylic oxidation sites excluding steroid dienone is 3. The molecule has 174 valence electrons. The zero-order valence-electron chi connectivity index (χ0n) is 18.6. The molecule has 0 saturated carbocycles. The van der Waals surface area contributed by atoms with Crippen LogP contribution in [0.1, 0.15) is 42.6 Å². The molecule has 2 bridgehead atoms. The minimum absolute atomic E-state index is 0.0422. The number of carbonyl (C=O) groups excluding carboxylic acids is 1. The van der Waals surface area contributed by atoms with Gasteiger partial charge in [0.1, 0.15) is 18.5 Å². The molecule has 3 atom stereocenters. The Kier molecular flexibility index (Phi) is 5.97. The predicted molar refractivity (Wildman–Crippen MR) is 123 cm³/mol. The number of amides is 1. The summed E-state index contributed by atoms with van der Waals surface area (Å²) in [5.74, 6) is 0.0431. The van der Waals surface area contributed by atoms with Gasteiger partial charge in [0.05, 0.1) is 41.3 Å². The molecule has 0 radical (unpaired) electrons. The molecule has 7 nitrogen and oxygen atoms in total. The smallest absolute Gasteiger partial charge is 0.258 e. The van der Waals surface area contributed by atoms with Gasteiger partial charge in [-0.05, 0) is 44.8 Å². The minimum atomic E-state index is -0.715. The van der Waals surface area contributed by atoms with Crippen molar-refractivity contribution in [3.05, 3.63) is 64.3 Å². The summed E-state index contributed by atoms with van der Waals surface area (Å²) in [5, 5.41) is 8.67. The number of fused-ring (bicyclic) bond motifs is 5. The molecule has 9 heteroatoms. The average molecular weight is 472 g/mol. The summed E-state index contributed by atoms with van der Waals surface area (Å²) in [4.78, 5) is 19.8. The molecule has 1 N–H and O–H groups in total. The summed E-state index contributed by atoms with van der Waals surface area (Å²) in [6.45, 7) is 5.57. The zero-order valence-corrected chi connectivity index (χ0v) is 19.3. The third-order valence-corrected chi connectivity index (χ3v) is 7.03. The molecule has 2 aromatic heterocycles. The Morgan fingerprint density at radius 2 is 2.12 bits per heavy atom. The maximum absolute atomic E-state index is 13.5. The molecule has 2 saturated heterocycles. The lowest BCUT2D eigenvalue weighted by molar-refractivity contribution is -0.128. The first-order valence-electron chi connectivity index (χ1n) is 11.3. The van der Waals surface area contributed by atoms with Crippen molar-refractivity contribution in [1.82, 2.24) is 24.8 Å². The number of nitrogens with one attached hydrogen (secondary N) is 1. The highest BCUT2D eigenvalue weighted by Gasteiger charge is 2.36. The quantitative estimate of drug-likeness (QED) is 0.394. The Labute approximate surface area is 196 Å². The molecule has 33 heavy (non-hydrogen) atoms. The van der Waals surface area contributed by atoms with Crippen LogP contribution in [0.15, 0.2) is 42.3 Å². The number of rotatable bonds is 6. The number of carbonyl (C=O) groups is 1. The Balaban J connectivity index is 1.37. The van der Waals surface area contributed by atoms with Gasteiger partial charge in [-0.3, -0.25) is 4.79 Å². The second-order valence-corrected chi connectivity index (χ2v) is 9.32. The van der Waals surface area contributed by atoms with E-state index < -0.39 is 6.67 Å². The highest BCUT2D eigenvalue weighted by atomic mass is 35.5. The van der Waals surface area contributed by atoms with Crippen molar-refractivity contribution >= 4 is 23.2 Å². The van der Waals surface area contributed by atoms with Crippen LogP contribution in [0.5, 0.6) is 0 Å². The van der Waals surface area contributed by atoms with Gasteiger partial charge in [-0.15, -0.1) is 0 Å². The molecule has 3 aliphatic heterocycles. The SMILES string of the molecule is C=C/C=C(C(=O)N1Cc2nn3cc(Cl)c(C)nc3c2C1)\C(=C/CF)OC1C[C@H]2CC[C@@H](C1)N2. The van der Waals surface area contributed by atoms with E-state index in [4.69, 9.17) is 16.3 Å². The maximum atomic E-state index is 13.5. The monoisotopic (exact) mass is 471 g/mol. The Morgan fingerprint density at radius 3 is 2.82 bits per heavy atom. The highest BCUT2D eigenvalue weighted by Crippen LogP contribution is 2.33. The Bertz CT molecular complexity index is 1160. The van der Waals surface area contributed by atoms with Crippen LogP contribution in [-0.2, 0) is 22.6 Å². The molecule has 1 unspecified atom stereocenters. The molecular weight excluding hydrogens is 445 g/mol. The molecular formula is C24H27ClFN5O2. The van der Waals surface area contributed by atoms with E-state index in [9.17, 15) is 9.18 Å². The van der Waals surface area contributed by atoms with Gasteiger partial charge < -0.3 is 15.0 Å². The predicted octanol–water partition coefficient (Wildman–Crippen LogP) is 3.80. The lowest BCUT2D eigenvalue weighted by atomic mass is 10.0. The zero-order chi connectivity index (χ0) is 23.1. The van der Waals surface area contributed by atoms with Crippen molar-refractivity contribution in [2.45, 2.75) is 63.9 Å². The topological polar surface area (TPSA) is 71.8 Å². The van der Waals surface area contributed by atoms with Crippen LogP contribution < -0.4 is 5.32 Å². The van der Waals surface area contributed by atoms with Crippen LogP contribution in [0, 0.1) is 6.92 Å². The fourth-order valence-electron chi connectivity index (χ4n) is 5.11. The molecule has 0 spiro atoms. The van der Waals surface area contributed by atoms with Crippen molar-refractivity contribution in [2.75, 3.05) is 6.67 Å². The summed E-state index contributed by atoms with van der Waals surface area (Å²) in [6.07, 6.45) is 10.2. The molecule has 0 aliphatic carbocycles. The first kappa shape index (κ1) is 22.1. The molecule has 5 heterocycles. The fraction of sp³-hybridized carbons (Fsp3) is 0.458. The van der Waals surface area contributed by atoms with Crippen molar-refractivity contribution in [3.8, 4) is 0 Å². The summed E-state index contributed by atoms with van der Waals surface area (Å²) in [7, 11) is 0. The van der Waals surface area contributed by atoms with Gasteiger partial charge in [0.2, 0.25) is 0 Å². The third-order valence-electron chi connectivity index (χ3n) is 6.66. The van der Waals surface area contributed by atoms with Gasteiger partial charge in [0.25, 0.3) is 5.91 Å². The van der Waals surface area contributed by atoms with Crippen LogP contribution >= 0.6 is 11.6 Å². The number of hydrogen-bond donors (Lipinski definition) is 1. The van der Waals surface area contributed by atoms with Crippen molar-refractivity contribution < 1.29 is 13.9 Å². The average Bonchev–Trinajstić information content (AvgIpc) is 3.45. The van der Waals surface area contributed by atoms with Crippen LogP contribution in [0.2, 0.25) is 5.02 Å². The van der Waals surface area contributed by atoms with Gasteiger partial charge in [-0.2, -0.15) is 5.10 Å². The first-order valence-corrected chi connectivity index (χ1v) is 11.7. The summed E-state index contributed by atoms with van der Waals surface area (Å²) < 4.78 is 21.3. The van der Waals surface area contributed by atoms with E-state index in [0.29, 0.717) is 47.1 Å². The summed E-state index contributed by atoms with van der Waals surface area (Å²) in [6, 6.07) is 0.856. The van der Waals surface area contributed by atoms with Gasteiger partial charge in [-0.1, -0.05) is 24.3 Å². The van der Waals surface area contributed by atoms with Crippen molar-refractivity contribution in [2.24, 2.45) is 0 Å². The number of aryl methyl sites for hydroxylation is 1. The van der Waals surface area contributed by atoms with E-state index in [1.165, 1.54) is 12.2 Å². The lowest BCUT2D eigenvalue weighted by Gasteiger charge is -2.31. The second kappa shape index (κ2) is 8.91. The third kappa shape index (κ3) is 4.17. The number of aromatic nitrogens is 3. The van der Waals surface area contributed by atoms with Gasteiger partial charge >= 0.3 is 0 Å². The lowest BCUT2D eigenvalue weighted by Crippen LogP contribution is -2.41. The van der Waals surface area contributed by atoms with Crippen LogP contribution in [0.25, 0.3) is 5.65 Å². The van der Waals surface area contributed by atoms with Crippen molar-refractivity contribution in [3.63, 3.8) is 0 Å². The maximum Gasteiger partial charge on any atom is 0.258 e. The van der Waals surface area contributed by atoms with Gasteiger partial charge in [-0.25, -0.2) is 13.9 Å². The molecule has 2 fully saturated rings. The van der Waals surface area contributed by atoms with E-state index in [-0.39, 0.29) is 17.8 Å². The van der Waals surface area contributed by atoms with Gasteiger partial charge in [0.15, 0.2) is 5.65 Å². The highest BCUT2D eigenvalue weighted by molar-refractivity contribution is 6.31. The van der Waals surface area contributed by atoms with E-state index in [1.807, 2.05) is 6.92 Å². The number of halogens is 2. The Morgan fingerprint density at radius 1 is 1.36 bits per heavy atom. The number of alkyl halides is 1. The normalized spacial score (nSPS) is 24.9. The van der Waals surface area contributed by atoms with Crippen LogP contribution in [0.3, 0.4) is 0 Å². The molecule has 3 aliphatic rings. The van der Waals surface area contributed by atoms with E-state index in [2.05, 4.69) is 22.0 Å². The first-order chi connectivity index (χ1) is 16.0.